The normalized spacial score (nSPS) is 16.0. The third kappa shape index (κ3) is 6.25. The van der Waals surface area contributed by atoms with Crippen LogP contribution in [0.5, 0.6) is 0 Å². The van der Waals surface area contributed by atoms with Gasteiger partial charge in [0.15, 0.2) is 6.61 Å². The fourth-order valence-electron chi connectivity index (χ4n) is 2.92. The second-order valence-corrected chi connectivity index (χ2v) is 8.16. The zero-order valence-corrected chi connectivity index (χ0v) is 16.7. The van der Waals surface area contributed by atoms with Crippen molar-refractivity contribution in [3.63, 3.8) is 0 Å². The Bertz CT molecular complexity index is 727. The summed E-state index contributed by atoms with van der Waals surface area (Å²) in [5, 5.41) is 2.67. The van der Waals surface area contributed by atoms with Crippen molar-refractivity contribution < 1.29 is 32.5 Å². The van der Waals surface area contributed by atoms with Crippen LogP contribution in [0.2, 0.25) is 5.02 Å². The molecule has 10 heteroatoms. The number of nitrogens with one attached hydrogen (secondary N) is 2. The van der Waals surface area contributed by atoms with Crippen LogP contribution < -0.4 is 15.2 Å². The zero-order valence-electron chi connectivity index (χ0n) is 16.0. The average Bonchev–Trinajstić information content (AvgIpc) is 2.57. The smallest absolute Gasteiger partial charge is 0.419 e. The van der Waals surface area contributed by atoms with Crippen LogP contribution in [-0.2, 0) is 20.5 Å². The fourth-order valence-corrected chi connectivity index (χ4v) is 3.21. The van der Waals surface area contributed by atoms with Crippen LogP contribution in [0, 0.1) is 5.92 Å². The number of carbonyl (C=O) groups excluding carboxylic acids is 2. The van der Waals surface area contributed by atoms with Gasteiger partial charge in [-0.3, -0.25) is 14.5 Å². The Labute approximate surface area is 166 Å². The predicted octanol–water partition coefficient (Wildman–Crippen LogP) is 2.85. The van der Waals surface area contributed by atoms with E-state index in [-0.39, 0.29) is 23.5 Å². The Morgan fingerprint density at radius 3 is 2.39 bits per heavy atom. The predicted molar refractivity (Wildman–Crippen MR) is 96.8 cm³/mol. The standard InChI is InChI=1S/C18H23ClF3N3O3/c1-17(2,3)24-14(26)10-28-16(27)11-4-6-25(7-5-11)15-13(19)8-12(9-23-15)18(20,21)22/h8-9,11H,4-7,10H2,1-3H3,(H,24,26)/p+1. The van der Waals surface area contributed by atoms with Crippen LogP contribution in [0.3, 0.4) is 0 Å². The summed E-state index contributed by atoms with van der Waals surface area (Å²) in [7, 11) is 0. The lowest BCUT2D eigenvalue weighted by atomic mass is 9.97. The van der Waals surface area contributed by atoms with E-state index in [0.717, 1.165) is 12.3 Å². The summed E-state index contributed by atoms with van der Waals surface area (Å²) in [6.07, 6.45) is -2.71. The fraction of sp³-hybridized carbons (Fsp3) is 0.611. The molecule has 1 aromatic heterocycles. The molecule has 0 aromatic carbocycles. The Kier molecular flexibility index (Phi) is 6.80. The van der Waals surface area contributed by atoms with Gasteiger partial charge in [0.1, 0.15) is 11.2 Å². The van der Waals surface area contributed by atoms with Gasteiger partial charge in [-0.2, -0.15) is 13.2 Å². The third-order valence-electron chi connectivity index (χ3n) is 4.20. The van der Waals surface area contributed by atoms with Gasteiger partial charge < -0.3 is 10.1 Å². The molecule has 1 aliphatic heterocycles. The highest BCUT2D eigenvalue weighted by Gasteiger charge is 2.35. The largest absolute Gasteiger partial charge is 0.455 e. The molecule has 0 spiro atoms. The molecule has 1 amide bonds. The second-order valence-electron chi connectivity index (χ2n) is 7.75. The summed E-state index contributed by atoms with van der Waals surface area (Å²) in [5.74, 6) is -0.812. The third-order valence-corrected chi connectivity index (χ3v) is 4.49. The van der Waals surface area contributed by atoms with Gasteiger partial charge >= 0.3 is 12.1 Å². The van der Waals surface area contributed by atoms with Gasteiger partial charge in [0.25, 0.3) is 11.7 Å². The van der Waals surface area contributed by atoms with Crippen LogP contribution in [0.15, 0.2) is 12.3 Å². The molecule has 1 aliphatic rings. The summed E-state index contributed by atoms with van der Waals surface area (Å²) in [6, 6.07) is 0.877. The van der Waals surface area contributed by atoms with E-state index in [4.69, 9.17) is 16.3 Å². The van der Waals surface area contributed by atoms with Crippen LogP contribution in [0.25, 0.3) is 0 Å². The molecular weight excluding hydrogens is 399 g/mol. The Morgan fingerprint density at radius 2 is 1.89 bits per heavy atom. The molecule has 1 fully saturated rings. The molecule has 0 aliphatic carbocycles. The van der Waals surface area contributed by atoms with E-state index >= 15 is 0 Å². The van der Waals surface area contributed by atoms with Gasteiger partial charge in [-0.15, -0.1) is 0 Å². The topological polar surface area (TPSA) is 72.8 Å². The highest BCUT2D eigenvalue weighted by atomic mass is 35.5. The monoisotopic (exact) mass is 422 g/mol. The number of amides is 1. The molecule has 2 N–H and O–H groups in total. The van der Waals surface area contributed by atoms with Crippen molar-refractivity contribution >= 4 is 29.3 Å². The lowest BCUT2D eigenvalue weighted by Gasteiger charge is -2.27. The number of hydrogen-bond acceptors (Lipinski definition) is 4. The van der Waals surface area contributed by atoms with Gasteiger partial charge in [-0.1, -0.05) is 11.6 Å². The van der Waals surface area contributed by atoms with E-state index in [1.165, 1.54) is 0 Å². The van der Waals surface area contributed by atoms with Crippen LogP contribution in [-0.4, -0.2) is 37.1 Å². The molecule has 0 bridgehead atoms. The first-order valence-electron chi connectivity index (χ1n) is 8.88. The quantitative estimate of drug-likeness (QED) is 0.757. The summed E-state index contributed by atoms with van der Waals surface area (Å²) in [6.45, 7) is 5.99. The number of aromatic amines is 1. The van der Waals surface area contributed by atoms with E-state index in [9.17, 15) is 22.8 Å². The minimum absolute atomic E-state index is 0.0327. The lowest BCUT2D eigenvalue weighted by molar-refractivity contribution is -0.367. The minimum Gasteiger partial charge on any atom is -0.455 e. The van der Waals surface area contributed by atoms with E-state index < -0.39 is 23.2 Å². The number of alkyl halides is 3. The van der Waals surface area contributed by atoms with Crippen molar-refractivity contribution in [1.82, 2.24) is 5.32 Å². The van der Waals surface area contributed by atoms with Gasteiger partial charge in [-0.25, -0.2) is 4.98 Å². The number of piperidine rings is 1. The summed E-state index contributed by atoms with van der Waals surface area (Å²) < 4.78 is 43.3. The first-order valence-corrected chi connectivity index (χ1v) is 9.25. The van der Waals surface area contributed by atoms with Crippen molar-refractivity contribution in [2.45, 2.75) is 45.3 Å². The van der Waals surface area contributed by atoms with Crippen molar-refractivity contribution in [2.24, 2.45) is 5.92 Å². The number of carbonyl (C=O) groups is 2. The molecule has 1 aromatic rings. The van der Waals surface area contributed by atoms with E-state index in [1.807, 2.05) is 20.8 Å². The van der Waals surface area contributed by atoms with Gasteiger partial charge in [0, 0.05) is 5.54 Å². The maximum absolute atomic E-state index is 12.7. The average molecular weight is 423 g/mol. The number of H-pyrrole nitrogens is 1. The number of anilines is 1. The summed E-state index contributed by atoms with van der Waals surface area (Å²) >= 11 is 6.00. The number of nitrogens with zero attached hydrogens (tertiary/aromatic N) is 1. The van der Waals surface area contributed by atoms with E-state index in [2.05, 4.69) is 10.3 Å². The first kappa shape index (κ1) is 22.3. The molecule has 0 atom stereocenters. The Morgan fingerprint density at radius 1 is 1.29 bits per heavy atom. The maximum Gasteiger partial charge on any atom is 0.419 e. The summed E-state index contributed by atoms with van der Waals surface area (Å²) in [4.78, 5) is 28.3. The molecule has 28 heavy (non-hydrogen) atoms. The number of ether oxygens (including phenoxy) is 1. The number of pyridine rings is 1. The first-order chi connectivity index (χ1) is 12.9. The Balaban J connectivity index is 1.87. The van der Waals surface area contributed by atoms with Crippen molar-refractivity contribution in [3.05, 3.63) is 22.8 Å². The van der Waals surface area contributed by atoms with Crippen molar-refractivity contribution in [1.29, 1.82) is 0 Å². The molecule has 2 rings (SSSR count). The molecule has 2 heterocycles. The van der Waals surface area contributed by atoms with Crippen LogP contribution in [0.4, 0.5) is 19.0 Å². The van der Waals surface area contributed by atoms with E-state index in [1.54, 1.807) is 4.90 Å². The van der Waals surface area contributed by atoms with Gasteiger partial charge in [-0.05, 0) is 39.7 Å². The number of esters is 1. The number of aromatic nitrogens is 1. The summed E-state index contributed by atoms with van der Waals surface area (Å²) in [5.41, 5.74) is -1.26. The molecule has 156 valence electrons. The van der Waals surface area contributed by atoms with Crippen molar-refractivity contribution in [3.8, 4) is 0 Å². The van der Waals surface area contributed by atoms with Gasteiger partial charge in [0.05, 0.1) is 24.6 Å². The molecule has 1 saturated heterocycles. The highest BCUT2D eigenvalue weighted by Crippen LogP contribution is 2.33. The van der Waals surface area contributed by atoms with Crippen molar-refractivity contribution in [2.75, 3.05) is 24.6 Å². The van der Waals surface area contributed by atoms with Crippen LogP contribution in [0.1, 0.15) is 39.2 Å². The van der Waals surface area contributed by atoms with Crippen LogP contribution >= 0.6 is 11.6 Å². The lowest BCUT2D eigenvalue weighted by Crippen LogP contribution is -2.43. The number of halogens is 4. The molecular formula is C18H24ClF3N3O3+. The highest BCUT2D eigenvalue weighted by molar-refractivity contribution is 6.32. The Hall–Kier alpha value is -2.03. The zero-order chi connectivity index (χ0) is 21.1. The molecule has 0 unspecified atom stereocenters. The molecule has 6 nitrogen and oxygen atoms in total. The maximum atomic E-state index is 12.7. The van der Waals surface area contributed by atoms with E-state index in [0.29, 0.717) is 31.7 Å². The molecule has 0 radical (unpaired) electrons. The number of hydrogen-bond donors (Lipinski definition) is 1. The second kappa shape index (κ2) is 8.55. The SMILES string of the molecule is CC(C)(C)NC(=O)COC(=O)C1CCN(c2[nH+]cc(C(F)(F)F)cc2Cl)CC1. The molecule has 0 saturated carbocycles. The number of rotatable bonds is 4. The van der Waals surface area contributed by atoms with Gasteiger partial charge in [0.2, 0.25) is 0 Å². The minimum atomic E-state index is -4.48.